The first-order valence-electron chi connectivity index (χ1n) is 7.90. The summed E-state index contributed by atoms with van der Waals surface area (Å²) in [6.45, 7) is 10.5. The smallest absolute Gasteiger partial charge is 0.410 e. The first-order valence-corrected chi connectivity index (χ1v) is 7.90. The van der Waals surface area contributed by atoms with Crippen molar-refractivity contribution in [2.45, 2.75) is 52.3 Å². The van der Waals surface area contributed by atoms with Crippen molar-refractivity contribution in [3.63, 3.8) is 0 Å². The fraction of sp³-hybridized carbons (Fsp3) is 0.588. The largest absolute Gasteiger partial charge is 0.444 e. The number of nitrogens with zero attached hydrogens (tertiary/aromatic N) is 2. The van der Waals surface area contributed by atoms with Crippen LogP contribution in [0.15, 0.2) is 18.2 Å². The Balaban J connectivity index is 2.14. The predicted octanol–water partition coefficient (Wildman–Crippen LogP) is 3.24. The number of hydrogen-bond donors (Lipinski definition) is 1. The topological polar surface area (TPSA) is 58.8 Å². The molecule has 1 amide bonds. The Bertz CT molecular complexity index is 586. The SMILES string of the molecule is CC1CN(c2ccc(N)cc2F)C(C)CN1C(=O)OC(C)(C)C. The molecule has 1 heterocycles. The maximum Gasteiger partial charge on any atom is 0.410 e. The molecular formula is C17H26FN3O2. The van der Waals surface area contributed by atoms with E-state index in [-0.39, 0.29) is 24.0 Å². The molecule has 0 aromatic heterocycles. The van der Waals surface area contributed by atoms with E-state index >= 15 is 0 Å². The molecule has 6 heteroatoms. The van der Waals surface area contributed by atoms with Crippen molar-refractivity contribution in [1.29, 1.82) is 0 Å². The number of rotatable bonds is 1. The Morgan fingerprint density at radius 1 is 1.26 bits per heavy atom. The summed E-state index contributed by atoms with van der Waals surface area (Å²) in [7, 11) is 0. The zero-order chi connectivity index (χ0) is 17.4. The van der Waals surface area contributed by atoms with E-state index in [9.17, 15) is 9.18 Å². The number of piperazine rings is 1. The molecule has 5 nitrogen and oxygen atoms in total. The first kappa shape index (κ1) is 17.4. The number of anilines is 2. The molecule has 128 valence electrons. The lowest BCUT2D eigenvalue weighted by Crippen LogP contribution is -2.59. The number of nitrogen functional groups attached to an aromatic ring is 1. The fourth-order valence-corrected chi connectivity index (χ4v) is 2.79. The predicted molar refractivity (Wildman–Crippen MR) is 90.0 cm³/mol. The van der Waals surface area contributed by atoms with Gasteiger partial charge in [-0.3, -0.25) is 0 Å². The molecule has 2 rings (SSSR count). The van der Waals surface area contributed by atoms with Crippen molar-refractivity contribution < 1.29 is 13.9 Å². The molecule has 0 aliphatic carbocycles. The number of nitrogens with two attached hydrogens (primary N) is 1. The van der Waals surface area contributed by atoms with Crippen LogP contribution in [0.4, 0.5) is 20.6 Å². The lowest BCUT2D eigenvalue weighted by molar-refractivity contribution is 0.0130. The highest BCUT2D eigenvalue weighted by Crippen LogP contribution is 2.28. The zero-order valence-corrected chi connectivity index (χ0v) is 14.5. The quantitative estimate of drug-likeness (QED) is 0.806. The van der Waals surface area contributed by atoms with E-state index in [1.165, 1.54) is 6.07 Å². The van der Waals surface area contributed by atoms with Crippen molar-refractivity contribution in [2.75, 3.05) is 23.7 Å². The van der Waals surface area contributed by atoms with Gasteiger partial charge in [-0.2, -0.15) is 0 Å². The van der Waals surface area contributed by atoms with Crippen LogP contribution in [0.2, 0.25) is 0 Å². The number of carbonyl (C=O) groups excluding carboxylic acids is 1. The summed E-state index contributed by atoms with van der Waals surface area (Å²) in [6, 6.07) is 4.62. The summed E-state index contributed by atoms with van der Waals surface area (Å²) < 4.78 is 19.6. The Labute approximate surface area is 137 Å². The average Bonchev–Trinajstić information content (AvgIpc) is 2.39. The summed E-state index contributed by atoms with van der Waals surface area (Å²) in [6.07, 6.45) is -0.325. The van der Waals surface area contributed by atoms with Gasteiger partial charge in [-0.15, -0.1) is 0 Å². The van der Waals surface area contributed by atoms with E-state index in [0.29, 0.717) is 24.5 Å². The summed E-state index contributed by atoms with van der Waals surface area (Å²) in [5, 5.41) is 0. The average molecular weight is 323 g/mol. The molecule has 1 aliphatic heterocycles. The Morgan fingerprint density at radius 3 is 2.48 bits per heavy atom. The lowest BCUT2D eigenvalue weighted by Gasteiger charge is -2.45. The minimum Gasteiger partial charge on any atom is -0.444 e. The minimum absolute atomic E-state index is 0.0168. The number of ether oxygens (including phenoxy) is 1. The third-order valence-corrected chi connectivity index (χ3v) is 3.90. The molecule has 1 aliphatic rings. The first-order chi connectivity index (χ1) is 10.6. The number of halogens is 1. The van der Waals surface area contributed by atoms with E-state index in [0.717, 1.165) is 0 Å². The van der Waals surface area contributed by atoms with Crippen molar-refractivity contribution in [3.8, 4) is 0 Å². The minimum atomic E-state index is -0.528. The molecular weight excluding hydrogens is 297 g/mol. The van der Waals surface area contributed by atoms with Gasteiger partial charge in [-0.05, 0) is 52.8 Å². The highest BCUT2D eigenvalue weighted by atomic mass is 19.1. The van der Waals surface area contributed by atoms with Crippen molar-refractivity contribution in [2.24, 2.45) is 0 Å². The van der Waals surface area contributed by atoms with Crippen molar-refractivity contribution >= 4 is 17.5 Å². The summed E-state index contributed by atoms with van der Waals surface area (Å²) >= 11 is 0. The molecule has 0 saturated carbocycles. The van der Waals surface area contributed by atoms with Crippen LogP contribution < -0.4 is 10.6 Å². The van der Waals surface area contributed by atoms with Gasteiger partial charge >= 0.3 is 6.09 Å². The monoisotopic (exact) mass is 323 g/mol. The molecule has 1 aromatic rings. The van der Waals surface area contributed by atoms with Gasteiger partial charge in [0.25, 0.3) is 0 Å². The van der Waals surface area contributed by atoms with Crippen LogP contribution in [0.1, 0.15) is 34.6 Å². The van der Waals surface area contributed by atoms with Crippen LogP contribution in [-0.2, 0) is 4.74 Å². The molecule has 1 fully saturated rings. The van der Waals surface area contributed by atoms with E-state index in [1.54, 1.807) is 17.0 Å². The van der Waals surface area contributed by atoms with Gasteiger partial charge in [-0.1, -0.05) is 0 Å². The highest BCUT2D eigenvalue weighted by Gasteiger charge is 2.35. The maximum absolute atomic E-state index is 14.2. The van der Waals surface area contributed by atoms with Crippen LogP contribution in [0.3, 0.4) is 0 Å². The number of benzene rings is 1. The number of hydrogen-bond acceptors (Lipinski definition) is 4. The Morgan fingerprint density at radius 2 is 1.91 bits per heavy atom. The summed E-state index contributed by atoms with van der Waals surface area (Å²) in [5.41, 5.74) is 6.00. The third-order valence-electron chi connectivity index (χ3n) is 3.90. The third kappa shape index (κ3) is 4.06. The Hall–Kier alpha value is -1.98. The van der Waals surface area contributed by atoms with Crippen LogP contribution in [0, 0.1) is 5.82 Å². The zero-order valence-electron chi connectivity index (χ0n) is 14.5. The summed E-state index contributed by atoms with van der Waals surface area (Å²) in [5.74, 6) is -0.338. The van der Waals surface area contributed by atoms with Crippen LogP contribution >= 0.6 is 0 Å². The highest BCUT2D eigenvalue weighted by molar-refractivity contribution is 5.69. The van der Waals surface area contributed by atoms with Crippen molar-refractivity contribution in [1.82, 2.24) is 4.90 Å². The lowest BCUT2D eigenvalue weighted by atomic mass is 10.1. The normalized spacial score (nSPS) is 22.2. The molecule has 0 spiro atoms. The van der Waals surface area contributed by atoms with Gasteiger partial charge in [-0.25, -0.2) is 9.18 Å². The van der Waals surface area contributed by atoms with Gasteiger partial charge in [0.15, 0.2) is 0 Å². The molecule has 23 heavy (non-hydrogen) atoms. The van der Waals surface area contributed by atoms with E-state index in [1.807, 2.05) is 39.5 Å². The second-order valence-electron chi connectivity index (χ2n) is 7.19. The van der Waals surface area contributed by atoms with Crippen LogP contribution in [0.5, 0.6) is 0 Å². The maximum atomic E-state index is 14.2. The summed E-state index contributed by atoms with van der Waals surface area (Å²) in [4.78, 5) is 16.0. The van der Waals surface area contributed by atoms with Crippen LogP contribution in [0.25, 0.3) is 0 Å². The second-order valence-corrected chi connectivity index (χ2v) is 7.19. The van der Waals surface area contributed by atoms with Gasteiger partial charge in [0.2, 0.25) is 0 Å². The number of amides is 1. The molecule has 0 radical (unpaired) electrons. The van der Waals surface area contributed by atoms with E-state index in [2.05, 4.69) is 0 Å². The molecule has 1 saturated heterocycles. The second kappa shape index (κ2) is 6.26. The van der Waals surface area contributed by atoms with Gasteiger partial charge in [0, 0.05) is 30.9 Å². The molecule has 2 unspecified atom stereocenters. The molecule has 1 aromatic carbocycles. The van der Waals surface area contributed by atoms with Gasteiger partial charge in [0.1, 0.15) is 11.4 Å². The number of carbonyl (C=O) groups is 1. The van der Waals surface area contributed by atoms with Gasteiger partial charge < -0.3 is 20.3 Å². The molecule has 0 bridgehead atoms. The van der Waals surface area contributed by atoms with E-state index in [4.69, 9.17) is 10.5 Å². The van der Waals surface area contributed by atoms with E-state index < -0.39 is 5.60 Å². The van der Waals surface area contributed by atoms with Crippen LogP contribution in [-0.4, -0.2) is 41.8 Å². The molecule has 2 N–H and O–H groups in total. The van der Waals surface area contributed by atoms with Crippen molar-refractivity contribution in [3.05, 3.63) is 24.0 Å². The van der Waals surface area contributed by atoms with Gasteiger partial charge in [0.05, 0.1) is 5.69 Å². The standard InChI is InChI=1S/C17H26FN3O2/c1-11-10-21(16(22)23-17(3,4)5)12(2)9-20(11)15-7-6-13(19)8-14(15)18/h6-8,11-12H,9-10,19H2,1-5H3. The Kier molecular flexibility index (Phi) is 4.73. The molecule has 2 atom stereocenters. The fourth-order valence-electron chi connectivity index (χ4n) is 2.79.